The zero-order chi connectivity index (χ0) is 9.14. The molecule has 2 nitrogen and oxygen atoms in total. The number of carbonyl (C=O) groups is 1. The first-order valence-electron chi connectivity index (χ1n) is 4.16. The van der Waals surface area contributed by atoms with Gasteiger partial charge in [0.25, 0.3) is 0 Å². The average Bonchev–Trinajstić information content (AvgIpc) is 2.04. The summed E-state index contributed by atoms with van der Waals surface area (Å²) in [6.07, 6.45) is 6.83. The fourth-order valence-electron chi connectivity index (χ4n) is 1.28. The van der Waals surface area contributed by atoms with Crippen LogP contribution in [0.2, 0.25) is 0 Å². The van der Waals surface area contributed by atoms with Crippen molar-refractivity contribution in [2.45, 2.75) is 19.4 Å². The highest BCUT2D eigenvalue weighted by molar-refractivity contribution is 5.93. The molecule has 12 heavy (non-hydrogen) atoms. The number of carbonyl (C=O) groups excluding carboxylic acids is 1. The molecule has 1 aliphatic rings. The summed E-state index contributed by atoms with van der Waals surface area (Å²) >= 11 is 0. The molecular formula is C10H15NO. The maximum absolute atomic E-state index is 11.0. The first-order chi connectivity index (χ1) is 5.61. The van der Waals surface area contributed by atoms with Gasteiger partial charge in [-0.1, -0.05) is 18.2 Å². The third-order valence-electron chi connectivity index (χ3n) is 2.18. The fraction of sp³-hybridized carbons (Fsp3) is 0.500. The number of nitrogens with zero attached hydrogens (tertiary/aromatic N) is 1. The Kier molecular flexibility index (Phi) is 2.82. The molecule has 0 aromatic rings. The lowest BCUT2D eigenvalue weighted by molar-refractivity contribution is -0.113. The van der Waals surface area contributed by atoms with Gasteiger partial charge in [0, 0.05) is 6.04 Å². The monoisotopic (exact) mass is 165 g/mol. The van der Waals surface area contributed by atoms with Crippen LogP contribution in [0.25, 0.3) is 0 Å². The van der Waals surface area contributed by atoms with E-state index in [0.29, 0.717) is 6.04 Å². The molecule has 1 atom stereocenters. The standard InChI is InChI=1S/C10H15NO/c1-8(12)9-5-4-6-10(7-9)11(2)3/h4-6,10H,7H2,1-3H3. The van der Waals surface area contributed by atoms with Crippen molar-refractivity contribution in [3.63, 3.8) is 0 Å². The van der Waals surface area contributed by atoms with Crippen molar-refractivity contribution < 1.29 is 4.79 Å². The summed E-state index contributed by atoms with van der Waals surface area (Å²) in [5.41, 5.74) is 0.927. The van der Waals surface area contributed by atoms with Gasteiger partial charge in [-0.15, -0.1) is 0 Å². The Balaban J connectivity index is 2.67. The number of Topliss-reactive ketones (excluding diaryl/α,β-unsaturated/α-hetero) is 1. The first kappa shape index (κ1) is 9.20. The highest BCUT2D eigenvalue weighted by atomic mass is 16.1. The molecule has 1 unspecified atom stereocenters. The maximum Gasteiger partial charge on any atom is 0.155 e. The lowest BCUT2D eigenvalue weighted by atomic mass is 9.97. The van der Waals surface area contributed by atoms with Crippen molar-refractivity contribution in [2.24, 2.45) is 0 Å². The Bertz CT molecular complexity index is 238. The van der Waals surface area contributed by atoms with Gasteiger partial charge in [0.1, 0.15) is 0 Å². The minimum Gasteiger partial charge on any atom is -0.303 e. The van der Waals surface area contributed by atoms with E-state index in [2.05, 4.69) is 11.0 Å². The topological polar surface area (TPSA) is 20.3 Å². The molecule has 0 fully saturated rings. The van der Waals surface area contributed by atoms with Crippen LogP contribution in [0.4, 0.5) is 0 Å². The van der Waals surface area contributed by atoms with Gasteiger partial charge in [0.05, 0.1) is 0 Å². The summed E-state index contributed by atoms with van der Waals surface area (Å²) in [5, 5.41) is 0. The smallest absolute Gasteiger partial charge is 0.155 e. The second-order valence-electron chi connectivity index (χ2n) is 3.37. The normalized spacial score (nSPS) is 22.7. The minimum atomic E-state index is 0.186. The summed E-state index contributed by atoms with van der Waals surface area (Å²) in [6.45, 7) is 1.62. The molecular weight excluding hydrogens is 150 g/mol. The van der Waals surface area contributed by atoms with Crippen LogP contribution in [0.15, 0.2) is 23.8 Å². The molecule has 0 saturated heterocycles. The molecule has 0 aliphatic heterocycles. The van der Waals surface area contributed by atoms with E-state index in [4.69, 9.17) is 0 Å². The predicted octanol–water partition coefficient (Wildman–Crippen LogP) is 1.39. The predicted molar refractivity (Wildman–Crippen MR) is 50.0 cm³/mol. The molecule has 1 aliphatic carbocycles. The SMILES string of the molecule is CC(=O)C1=CC=CC(N(C)C)C1. The van der Waals surface area contributed by atoms with E-state index < -0.39 is 0 Å². The van der Waals surface area contributed by atoms with Gasteiger partial charge < -0.3 is 4.90 Å². The molecule has 0 aromatic carbocycles. The molecule has 0 heterocycles. The number of likely N-dealkylation sites (N-methyl/N-ethyl adjacent to an activating group) is 1. The number of hydrogen-bond acceptors (Lipinski definition) is 2. The van der Waals surface area contributed by atoms with Gasteiger partial charge >= 0.3 is 0 Å². The van der Waals surface area contributed by atoms with Gasteiger partial charge in [-0.3, -0.25) is 4.79 Å². The largest absolute Gasteiger partial charge is 0.303 e. The van der Waals surface area contributed by atoms with Crippen molar-refractivity contribution in [1.82, 2.24) is 4.90 Å². The molecule has 0 saturated carbocycles. The summed E-state index contributed by atoms with van der Waals surface area (Å²) in [6, 6.07) is 0.383. The second kappa shape index (κ2) is 3.68. The number of allylic oxidation sites excluding steroid dienone is 2. The van der Waals surface area contributed by atoms with Crippen molar-refractivity contribution in [3.05, 3.63) is 23.8 Å². The van der Waals surface area contributed by atoms with E-state index >= 15 is 0 Å². The molecule has 0 N–H and O–H groups in total. The fourth-order valence-corrected chi connectivity index (χ4v) is 1.28. The van der Waals surface area contributed by atoms with Gasteiger partial charge in [0.15, 0.2) is 5.78 Å². The van der Waals surface area contributed by atoms with E-state index in [0.717, 1.165) is 12.0 Å². The van der Waals surface area contributed by atoms with Crippen LogP contribution in [0, 0.1) is 0 Å². The Morgan fingerprint density at radius 1 is 1.58 bits per heavy atom. The number of ketones is 1. The lowest BCUT2D eigenvalue weighted by Crippen LogP contribution is -2.28. The van der Waals surface area contributed by atoms with E-state index in [1.54, 1.807) is 6.92 Å². The zero-order valence-corrected chi connectivity index (χ0v) is 7.87. The Morgan fingerprint density at radius 3 is 2.75 bits per heavy atom. The molecule has 0 aromatic heterocycles. The van der Waals surface area contributed by atoms with Gasteiger partial charge in [-0.05, 0) is 33.0 Å². The van der Waals surface area contributed by atoms with Crippen LogP contribution in [0.5, 0.6) is 0 Å². The van der Waals surface area contributed by atoms with Crippen molar-refractivity contribution in [3.8, 4) is 0 Å². The van der Waals surface area contributed by atoms with Crippen LogP contribution in [0.1, 0.15) is 13.3 Å². The summed E-state index contributed by atoms with van der Waals surface area (Å²) in [4.78, 5) is 13.2. The molecule has 66 valence electrons. The summed E-state index contributed by atoms with van der Waals surface area (Å²) in [5.74, 6) is 0.186. The van der Waals surface area contributed by atoms with Gasteiger partial charge in [-0.25, -0.2) is 0 Å². The van der Waals surface area contributed by atoms with Gasteiger partial charge in [-0.2, -0.15) is 0 Å². The minimum absolute atomic E-state index is 0.186. The lowest BCUT2D eigenvalue weighted by Gasteiger charge is -2.23. The summed E-state index contributed by atoms with van der Waals surface area (Å²) < 4.78 is 0. The first-order valence-corrected chi connectivity index (χ1v) is 4.16. The molecule has 0 amide bonds. The summed E-state index contributed by atoms with van der Waals surface area (Å²) in [7, 11) is 4.05. The molecule has 0 radical (unpaired) electrons. The van der Waals surface area contributed by atoms with Crippen molar-refractivity contribution in [2.75, 3.05) is 14.1 Å². The molecule has 0 bridgehead atoms. The molecule has 0 spiro atoms. The van der Waals surface area contributed by atoms with Crippen LogP contribution < -0.4 is 0 Å². The van der Waals surface area contributed by atoms with Crippen molar-refractivity contribution in [1.29, 1.82) is 0 Å². The van der Waals surface area contributed by atoms with E-state index in [1.165, 1.54) is 0 Å². The van der Waals surface area contributed by atoms with Crippen LogP contribution >= 0.6 is 0 Å². The van der Waals surface area contributed by atoms with E-state index in [-0.39, 0.29) is 5.78 Å². The Morgan fingerprint density at radius 2 is 2.25 bits per heavy atom. The van der Waals surface area contributed by atoms with Crippen LogP contribution in [-0.2, 0) is 4.79 Å². The zero-order valence-electron chi connectivity index (χ0n) is 7.87. The maximum atomic E-state index is 11.0. The van der Waals surface area contributed by atoms with E-state index in [1.807, 2.05) is 26.2 Å². The quantitative estimate of drug-likeness (QED) is 0.616. The highest BCUT2D eigenvalue weighted by Gasteiger charge is 2.15. The Labute approximate surface area is 73.6 Å². The number of hydrogen-bond donors (Lipinski definition) is 0. The Hall–Kier alpha value is -0.890. The number of rotatable bonds is 2. The van der Waals surface area contributed by atoms with E-state index in [9.17, 15) is 4.79 Å². The van der Waals surface area contributed by atoms with Crippen LogP contribution in [-0.4, -0.2) is 30.8 Å². The highest BCUT2D eigenvalue weighted by Crippen LogP contribution is 2.16. The third kappa shape index (κ3) is 2.05. The molecule has 1 rings (SSSR count). The van der Waals surface area contributed by atoms with Crippen LogP contribution in [0.3, 0.4) is 0 Å². The average molecular weight is 165 g/mol. The second-order valence-corrected chi connectivity index (χ2v) is 3.37. The van der Waals surface area contributed by atoms with Crippen molar-refractivity contribution >= 4 is 5.78 Å². The van der Waals surface area contributed by atoms with Gasteiger partial charge in [0.2, 0.25) is 0 Å². The third-order valence-corrected chi connectivity index (χ3v) is 2.18. The molecule has 2 heteroatoms.